The molecular weight excluding hydrogens is 121 g/mol. The zero-order valence-electron chi connectivity index (χ0n) is 4.89. The number of hydrogen-bond acceptors (Lipinski definition) is 4. The maximum Gasteiger partial charge on any atom is 0.509 e. The Bertz CT molecular complexity index is 199. The Balaban J connectivity index is 2.94. The molecule has 0 fully saturated rings. The molecule has 0 amide bonds. The first-order valence-corrected chi connectivity index (χ1v) is 2.42. The first-order chi connectivity index (χ1) is 4.22. The van der Waals surface area contributed by atoms with Gasteiger partial charge >= 0.3 is 7.12 Å². The van der Waals surface area contributed by atoms with Crippen LogP contribution in [0.3, 0.4) is 0 Å². The van der Waals surface area contributed by atoms with Crippen molar-refractivity contribution in [2.75, 3.05) is 0 Å². The largest absolute Gasteiger partial charge is 0.509 e. The first kappa shape index (κ1) is 6.25. The van der Waals surface area contributed by atoms with E-state index in [9.17, 15) is 0 Å². The predicted octanol–water partition coefficient (Wildman–Crippen LogP) is -2.51. The van der Waals surface area contributed by atoms with Gasteiger partial charge in [-0.05, 0) is 0 Å². The number of aromatic nitrogens is 3. The van der Waals surface area contributed by atoms with Gasteiger partial charge in [0.15, 0.2) is 0 Å². The molecule has 1 aromatic heterocycles. The molecule has 0 aliphatic heterocycles. The zero-order valence-corrected chi connectivity index (χ0v) is 4.89. The Morgan fingerprint density at radius 2 is 2.33 bits per heavy atom. The summed E-state index contributed by atoms with van der Waals surface area (Å²) < 4.78 is 1.30. The Labute approximate surface area is 52.1 Å². The standard InChI is InChI=1S/C3H6BN3O2/c1-7-3(4(8)9)2-5-6-7/h2,8-9H,1H3. The topological polar surface area (TPSA) is 71.2 Å². The van der Waals surface area contributed by atoms with E-state index in [1.165, 1.54) is 10.9 Å². The van der Waals surface area contributed by atoms with Gasteiger partial charge in [0.1, 0.15) is 0 Å². The molecule has 0 aliphatic rings. The highest BCUT2D eigenvalue weighted by Crippen LogP contribution is 1.72. The summed E-state index contributed by atoms with van der Waals surface area (Å²) in [5.41, 5.74) is 0.287. The lowest BCUT2D eigenvalue weighted by Gasteiger charge is -1.94. The van der Waals surface area contributed by atoms with E-state index in [2.05, 4.69) is 10.3 Å². The van der Waals surface area contributed by atoms with Crippen LogP contribution in [0, 0.1) is 0 Å². The van der Waals surface area contributed by atoms with E-state index in [0.29, 0.717) is 0 Å². The molecule has 2 N–H and O–H groups in total. The van der Waals surface area contributed by atoms with Gasteiger partial charge in [0.25, 0.3) is 0 Å². The lowest BCUT2D eigenvalue weighted by molar-refractivity contribution is 0.421. The van der Waals surface area contributed by atoms with E-state index < -0.39 is 7.12 Å². The summed E-state index contributed by atoms with van der Waals surface area (Å²) in [5, 5.41) is 24.0. The van der Waals surface area contributed by atoms with Crippen LogP contribution in [-0.2, 0) is 7.05 Å². The third-order valence-electron chi connectivity index (χ3n) is 1.01. The molecule has 0 aliphatic carbocycles. The van der Waals surface area contributed by atoms with Crippen molar-refractivity contribution in [3.8, 4) is 0 Å². The molecule has 48 valence electrons. The predicted molar refractivity (Wildman–Crippen MR) is 30.8 cm³/mol. The molecule has 0 radical (unpaired) electrons. The average molecular weight is 127 g/mol. The van der Waals surface area contributed by atoms with Crippen molar-refractivity contribution >= 4 is 12.7 Å². The summed E-state index contributed by atoms with van der Waals surface area (Å²) in [6.45, 7) is 0. The zero-order chi connectivity index (χ0) is 6.85. The van der Waals surface area contributed by atoms with Gasteiger partial charge in [-0.15, -0.1) is 5.10 Å². The van der Waals surface area contributed by atoms with Crippen LogP contribution in [-0.4, -0.2) is 32.2 Å². The van der Waals surface area contributed by atoms with Crippen LogP contribution in [0.25, 0.3) is 0 Å². The van der Waals surface area contributed by atoms with Gasteiger partial charge in [-0.2, -0.15) is 0 Å². The Morgan fingerprint density at radius 1 is 1.67 bits per heavy atom. The molecule has 0 saturated carbocycles. The number of aryl methyl sites for hydroxylation is 1. The van der Waals surface area contributed by atoms with E-state index >= 15 is 0 Å². The van der Waals surface area contributed by atoms with Gasteiger partial charge in [0.05, 0.1) is 11.8 Å². The van der Waals surface area contributed by atoms with Crippen molar-refractivity contribution in [3.63, 3.8) is 0 Å². The van der Waals surface area contributed by atoms with Gasteiger partial charge in [-0.3, -0.25) is 4.68 Å². The van der Waals surface area contributed by atoms with Crippen LogP contribution in [0.2, 0.25) is 0 Å². The number of rotatable bonds is 1. The second-order valence-electron chi connectivity index (χ2n) is 1.66. The van der Waals surface area contributed by atoms with E-state index in [1.807, 2.05) is 0 Å². The molecule has 0 atom stereocenters. The third-order valence-corrected chi connectivity index (χ3v) is 1.01. The van der Waals surface area contributed by atoms with E-state index in [4.69, 9.17) is 10.0 Å². The highest BCUT2D eigenvalue weighted by Gasteiger charge is 2.14. The molecule has 0 bridgehead atoms. The van der Waals surface area contributed by atoms with Gasteiger partial charge in [-0.25, -0.2) is 0 Å². The molecule has 1 rings (SSSR count). The quantitative estimate of drug-likeness (QED) is 0.409. The summed E-state index contributed by atoms with van der Waals surface area (Å²) in [4.78, 5) is 0. The van der Waals surface area contributed by atoms with Crippen LogP contribution < -0.4 is 5.59 Å². The molecule has 0 unspecified atom stereocenters. The SMILES string of the molecule is Cn1nncc1B(O)O. The second kappa shape index (κ2) is 2.16. The fraction of sp³-hybridized carbons (Fsp3) is 0.333. The molecule has 0 aromatic carbocycles. The van der Waals surface area contributed by atoms with Crippen LogP contribution >= 0.6 is 0 Å². The van der Waals surface area contributed by atoms with Crippen molar-refractivity contribution in [1.29, 1.82) is 0 Å². The third kappa shape index (κ3) is 1.09. The molecule has 1 aromatic rings. The molecule has 5 nitrogen and oxygen atoms in total. The van der Waals surface area contributed by atoms with Gasteiger partial charge in [0.2, 0.25) is 0 Å². The molecule has 0 spiro atoms. The maximum atomic E-state index is 8.55. The normalized spacial score (nSPS) is 9.67. The van der Waals surface area contributed by atoms with Crippen LogP contribution in [0.4, 0.5) is 0 Å². The monoisotopic (exact) mass is 127 g/mol. The fourth-order valence-electron chi connectivity index (χ4n) is 0.531. The van der Waals surface area contributed by atoms with Crippen molar-refractivity contribution in [2.24, 2.45) is 7.05 Å². The van der Waals surface area contributed by atoms with Crippen molar-refractivity contribution in [2.45, 2.75) is 0 Å². The summed E-state index contributed by atoms with van der Waals surface area (Å²) in [5.74, 6) is 0. The van der Waals surface area contributed by atoms with Gasteiger partial charge in [0, 0.05) is 7.05 Å². The van der Waals surface area contributed by atoms with E-state index in [0.717, 1.165) is 0 Å². The summed E-state index contributed by atoms with van der Waals surface area (Å²) >= 11 is 0. The summed E-state index contributed by atoms with van der Waals surface area (Å²) in [6.07, 6.45) is 1.30. The minimum atomic E-state index is -1.48. The van der Waals surface area contributed by atoms with E-state index in [-0.39, 0.29) is 5.59 Å². The summed E-state index contributed by atoms with van der Waals surface area (Å²) in [6, 6.07) is 0. The van der Waals surface area contributed by atoms with Gasteiger partial charge in [-0.1, -0.05) is 5.21 Å². The molecule has 1 heterocycles. The van der Waals surface area contributed by atoms with E-state index in [1.54, 1.807) is 7.05 Å². The highest BCUT2D eigenvalue weighted by atomic mass is 16.4. The molecule has 6 heteroatoms. The average Bonchev–Trinajstić information content (AvgIpc) is 2.13. The Hall–Kier alpha value is -0.875. The first-order valence-electron chi connectivity index (χ1n) is 2.42. The Kier molecular flexibility index (Phi) is 1.50. The van der Waals surface area contributed by atoms with Crippen LogP contribution in [0.5, 0.6) is 0 Å². The number of nitrogens with zero attached hydrogens (tertiary/aromatic N) is 3. The van der Waals surface area contributed by atoms with Crippen LogP contribution in [0.15, 0.2) is 6.20 Å². The molecular formula is C3H6BN3O2. The lowest BCUT2D eigenvalue weighted by Crippen LogP contribution is -2.35. The minimum Gasteiger partial charge on any atom is -0.422 e. The van der Waals surface area contributed by atoms with Crippen LogP contribution in [0.1, 0.15) is 0 Å². The van der Waals surface area contributed by atoms with Crippen molar-refractivity contribution in [3.05, 3.63) is 6.20 Å². The lowest BCUT2D eigenvalue weighted by atomic mass is 9.87. The maximum absolute atomic E-state index is 8.55. The minimum absolute atomic E-state index is 0.287. The number of hydrogen-bond donors (Lipinski definition) is 2. The van der Waals surface area contributed by atoms with Crippen molar-refractivity contribution in [1.82, 2.24) is 15.0 Å². The van der Waals surface area contributed by atoms with Gasteiger partial charge < -0.3 is 10.0 Å². The highest BCUT2D eigenvalue weighted by molar-refractivity contribution is 6.57. The summed E-state index contributed by atoms with van der Waals surface area (Å²) in [7, 11) is 0.104. The molecule has 0 saturated heterocycles. The fourth-order valence-corrected chi connectivity index (χ4v) is 0.531. The Morgan fingerprint density at radius 3 is 2.56 bits per heavy atom. The molecule has 9 heavy (non-hydrogen) atoms. The smallest absolute Gasteiger partial charge is 0.422 e. The second-order valence-corrected chi connectivity index (χ2v) is 1.66. The van der Waals surface area contributed by atoms with Crippen molar-refractivity contribution < 1.29 is 10.0 Å².